The van der Waals surface area contributed by atoms with E-state index in [1.54, 1.807) is 0 Å². The topological polar surface area (TPSA) is 62.7 Å². The Balaban J connectivity index is 1.76. The van der Waals surface area contributed by atoms with Gasteiger partial charge >= 0.3 is 6.18 Å². The summed E-state index contributed by atoms with van der Waals surface area (Å²) in [5.41, 5.74) is 1.75. The van der Waals surface area contributed by atoms with Gasteiger partial charge in [0.25, 0.3) is 0 Å². The van der Waals surface area contributed by atoms with Crippen molar-refractivity contribution >= 4 is 23.1 Å². The third-order valence-corrected chi connectivity index (χ3v) is 3.87. The third kappa shape index (κ3) is 4.72. The molecule has 0 amide bonds. The highest BCUT2D eigenvalue weighted by Gasteiger charge is 2.29. The molecule has 3 rings (SSSR count). The largest absolute Gasteiger partial charge is 0.416 e. The van der Waals surface area contributed by atoms with Crippen LogP contribution < -0.4 is 10.6 Å². The zero-order valence-electron chi connectivity index (χ0n) is 14.7. The average Bonchev–Trinajstić information content (AvgIpc) is 2.62. The van der Waals surface area contributed by atoms with Crippen LogP contribution in [0.4, 0.5) is 36.3 Å². The predicted octanol–water partition coefficient (Wildman–Crippen LogP) is 5.50. The Hall–Kier alpha value is -3.16. The van der Waals surface area contributed by atoms with Gasteiger partial charge in [0, 0.05) is 11.4 Å². The summed E-state index contributed by atoms with van der Waals surface area (Å²) in [7, 11) is 0. The van der Waals surface area contributed by atoms with Gasteiger partial charge in [-0.3, -0.25) is 0 Å². The molecule has 0 aliphatic carbocycles. The van der Waals surface area contributed by atoms with Crippen molar-refractivity contribution in [3.63, 3.8) is 0 Å². The molecule has 0 spiro atoms. The molecule has 140 valence electrons. The minimum absolute atomic E-state index is 0.292. The van der Waals surface area contributed by atoms with E-state index in [1.807, 2.05) is 24.3 Å². The number of benzene rings is 2. The molecule has 0 aliphatic rings. The molecule has 0 saturated heterocycles. The van der Waals surface area contributed by atoms with E-state index in [0.29, 0.717) is 23.4 Å². The van der Waals surface area contributed by atoms with E-state index in [9.17, 15) is 13.2 Å². The summed E-state index contributed by atoms with van der Waals surface area (Å²) >= 11 is 0. The summed E-state index contributed by atoms with van der Waals surface area (Å²) in [5, 5.41) is 13.9. The fraction of sp³-hybridized carbons (Fsp3) is 0.211. The summed E-state index contributed by atoms with van der Waals surface area (Å²) in [6.07, 6.45) is -2.97. The first-order valence-corrected chi connectivity index (χ1v) is 8.33. The van der Waals surface area contributed by atoms with Gasteiger partial charge in [-0.15, -0.1) is 5.10 Å². The van der Waals surface area contributed by atoms with Gasteiger partial charge in [-0.25, -0.2) is 0 Å². The Labute approximate surface area is 154 Å². The molecule has 1 aromatic heterocycles. The molecule has 0 atom stereocenters. The minimum atomic E-state index is -4.37. The molecule has 3 aromatic rings. The number of rotatable bonds is 5. The fourth-order valence-electron chi connectivity index (χ4n) is 2.54. The van der Waals surface area contributed by atoms with Gasteiger partial charge in [0.1, 0.15) is 0 Å². The number of alkyl halides is 3. The van der Waals surface area contributed by atoms with E-state index >= 15 is 0 Å². The van der Waals surface area contributed by atoms with Crippen molar-refractivity contribution in [2.75, 3.05) is 10.6 Å². The molecule has 2 aromatic carbocycles. The van der Waals surface area contributed by atoms with Crippen LogP contribution in [-0.4, -0.2) is 15.2 Å². The lowest BCUT2D eigenvalue weighted by Gasteiger charge is -2.13. The van der Waals surface area contributed by atoms with Crippen molar-refractivity contribution in [1.29, 1.82) is 0 Å². The molecule has 5 nitrogen and oxygen atoms in total. The number of anilines is 4. The SMILES string of the molecule is CC(C)c1ccccc1Nc1nncc(Nc2ccc(C(F)(F)F)cc2)n1. The maximum Gasteiger partial charge on any atom is 0.416 e. The molecule has 2 N–H and O–H groups in total. The normalized spacial score (nSPS) is 11.5. The van der Waals surface area contributed by atoms with E-state index in [-0.39, 0.29) is 0 Å². The first kappa shape index (κ1) is 18.6. The van der Waals surface area contributed by atoms with Crippen molar-refractivity contribution in [3.8, 4) is 0 Å². The van der Waals surface area contributed by atoms with Crippen LogP contribution in [0.3, 0.4) is 0 Å². The number of hydrogen-bond donors (Lipinski definition) is 2. The Kier molecular flexibility index (Phi) is 5.25. The number of nitrogens with zero attached hydrogens (tertiary/aromatic N) is 3. The van der Waals surface area contributed by atoms with Crippen molar-refractivity contribution in [1.82, 2.24) is 15.2 Å². The van der Waals surface area contributed by atoms with Gasteiger partial charge in [0.05, 0.1) is 11.8 Å². The second-order valence-electron chi connectivity index (χ2n) is 6.23. The highest BCUT2D eigenvalue weighted by Crippen LogP contribution is 2.30. The van der Waals surface area contributed by atoms with E-state index < -0.39 is 11.7 Å². The second kappa shape index (κ2) is 7.61. The number of nitrogens with one attached hydrogen (secondary N) is 2. The Bertz CT molecular complexity index is 908. The lowest BCUT2D eigenvalue weighted by atomic mass is 10.0. The van der Waals surface area contributed by atoms with E-state index in [0.717, 1.165) is 23.4 Å². The van der Waals surface area contributed by atoms with Crippen LogP contribution in [0.2, 0.25) is 0 Å². The van der Waals surface area contributed by atoms with Crippen molar-refractivity contribution in [2.24, 2.45) is 0 Å². The van der Waals surface area contributed by atoms with Crippen LogP contribution in [-0.2, 0) is 6.18 Å². The van der Waals surface area contributed by atoms with Crippen LogP contribution >= 0.6 is 0 Å². The predicted molar refractivity (Wildman–Crippen MR) is 98.4 cm³/mol. The summed E-state index contributed by atoms with van der Waals surface area (Å²) in [6, 6.07) is 12.5. The maximum absolute atomic E-state index is 12.6. The Morgan fingerprint density at radius 1 is 0.926 bits per heavy atom. The maximum atomic E-state index is 12.6. The standard InChI is InChI=1S/C19H18F3N5/c1-12(2)15-5-3-4-6-16(15)25-18-26-17(11-23-27-18)24-14-9-7-13(8-10-14)19(20,21)22/h3-12H,1-2H3,(H2,24,25,26,27). The van der Waals surface area contributed by atoms with E-state index in [1.165, 1.54) is 18.3 Å². The van der Waals surface area contributed by atoms with Crippen LogP contribution in [0.1, 0.15) is 30.9 Å². The van der Waals surface area contributed by atoms with Crippen molar-refractivity contribution in [2.45, 2.75) is 25.9 Å². The molecule has 0 radical (unpaired) electrons. The number of hydrogen-bond acceptors (Lipinski definition) is 5. The molecule has 27 heavy (non-hydrogen) atoms. The van der Waals surface area contributed by atoms with E-state index in [4.69, 9.17) is 0 Å². The summed E-state index contributed by atoms with van der Waals surface area (Å²) in [4.78, 5) is 4.32. The number of halogens is 3. The third-order valence-electron chi connectivity index (χ3n) is 3.87. The van der Waals surface area contributed by atoms with Crippen molar-refractivity contribution < 1.29 is 13.2 Å². The number of para-hydroxylation sites is 1. The number of aromatic nitrogens is 3. The lowest BCUT2D eigenvalue weighted by Crippen LogP contribution is -2.06. The molecule has 1 heterocycles. The Morgan fingerprint density at radius 3 is 2.30 bits per heavy atom. The second-order valence-corrected chi connectivity index (χ2v) is 6.23. The van der Waals surface area contributed by atoms with Gasteiger partial charge in [-0.1, -0.05) is 32.0 Å². The van der Waals surface area contributed by atoms with E-state index in [2.05, 4.69) is 39.7 Å². The first-order chi connectivity index (χ1) is 12.8. The molecule has 8 heteroatoms. The molecule has 0 bridgehead atoms. The lowest BCUT2D eigenvalue weighted by molar-refractivity contribution is -0.137. The molecule has 0 saturated carbocycles. The van der Waals surface area contributed by atoms with Gasteiger partial charge in [-0.05, 0) is 41.8 Å². The van der Waals surface area contributed by atoms with Crippen LogP contribution in [0, 0.1) is 0 Å². The fourth-order valence-corrected chi connectivity index (χ4v) is 2.54. The Morgan fingerprint density at radius 2 is 1.63 bits per heavy atom. The quantitative estimate of drug-likeness (QED) is 0.618. The highest BCUT2D eigenvalue weighted by molar-refractivity contribution is 5.61. The molecule has 0 fully saturated rings. The minimum Gasteiger partial charge on any atom is -0.339 e. The molecular weight excluding hydrogens is 355 g/mol. The monoisotopic (exact) mass is 373 g/mol. The van der Waals surface area contributed by atoms with Gasteiger partial charge in [0.2, 0.25) is 5.95 Å². The highest BCUT2D eigenvalue weighted by atomic mass is 19.4. The van der Waals surface area contributed by atoms with Crippen molar-refractivity contribution in [3.05, 3.63) is 65.9 Å². The van der Waals surface area contributed by atoms with Gasteiger partial charge in [0.15, 0.2) is 5.82 Å². The first-order valence-electron chi connectivity index (χ1n) is 8.33. The smallest absolute Gasteiger partial charge is 0.339 e. The molecular formula is C19H18F3N5. The van der Waals surface area contributed by atoms with Gasteiger partial charge in [-0.2, -0.15) is 23.3 Å². The zero-order valence-corrected chi connectivity index (χ0v) is 14.7. The van der Waals surface area contributed by atoms with Gasteiger partial charge < -0.3 is 10.6 Å². The molecule has 0 aliphatic heterocycles. The summed E-state index contributed by atoms with van der Waals surface area (Å²) < 4.78 is 37.9. The van der Waals surface area contributed by atoms with Crippen LogP contribution in [0.25, 0.3) is 0 Å². The zero-order chi connectivity index (χ0) is 19.4. The van der Waals surface area contributed by atoms with Crippen LogP contribution in [0.15, 0.2) is 54.7 Å². The molecule has 0 unspecified atom stereocenters. The average molecular weight is 373 g/mol. The van der Waals surface area contributed by atoms with Crippen LogP contribution in [0.5, 0.6) is 0 Å². The summed E-state index contributed by atoms with van der Waals surface area (Å²) in [6.45, 7) is 4.17. The summed E-state index contributed by atoms with van der Waals surface area (Å²) in [5.74, 6) is 0.976.